The number of ether oxygens (including phenoxy) is 1. The summed E-state index contributed by atoms with van der Waals surface area (Å²) in [5.74, 6) is 1.69. The van der Waals surface area contributed by atoms with Crippen molar-refractivity contribution in [3.63, 3.8) is 0 Å². The molecular formula is C18H17N5O3. The molecule has 0 saturated heterocycles. The number of pyridine rings is 1. The summed E-state index contributed by atoms with van der Waals surface area (Å²) in [4.78, 5) is 16.7. The summed E-state index contributed by atoms with van der Waals surface area (Å²) in [7, 11) is 0. The molecule has 4 aromatic rings. The van der Waals surface area contributed by atoms with Crippen molar-refractivity contribution < 1.29 is 9.26 Å². The van der Waals surface area contributed by atoms with Crippen molar-refractivity contribution in [3.05, 3.63) is 64.8 Å². The van der Waals surface area contributed by atoms with Gasteiger partial charge in [-0.1, -0.05) is 17.3 Å². The minimum Gasteiger partial charge on any atom is -0.494 e. The summed E-state index contributed by atoms with van der Waals surface area (Å²) >= 11 is 0. The van der Waals surface area contributed by atoms with Crippen LogP contribution in [0.25, 0.3) is 16.8 Å². The molecule has 26 heavy (non-hydrogen) atoms. The summed E-state index contributed by atoms with van der Waals surface area (Å²) in [6.07, 6.45) is 1.77. The van der Waals surface area contributed by atoms with Crippen LogP contribution in [0.2, 0.25) is 0 Å². The SMILES string of the molecule is CCOc1ccc(-c2ccc3nn(Cc4nc(C)no4)c(=O)n3c2)cc1. The van der Waals surface area contributed by atoms with Crippen LogP contribution in [-0.4, -0.2) is 30.9 Å². The van der Waals surface area contributed by atoms with E-state index in [1.54, 1.807) is 13.1 Å². The lowest BCUT2D eigenvalue weighted by molar-refractivity contribution is 0.340. The average Bonchev–Trinajstić information content (AvgIpc) is 3.19. The highest BCUT2D eigenvalue weighted by molar-refractivity contribution is 5.65. The zero-order valence-electron chi connectivity index (χ0n) is 14.4. The van der Waals surface area contributed by atoms with Crippen LogP contribution >= 0.6 is 0 Å². The van der Waals surface area contributed by atoms with Crippen molar-refractivity contribution in [3.8, 4) is 16.9 Å². The molecule has 4 rings (SSSR count). The van der Waals surface area contributed by atoms with E-state index in [-0.39, 0.29) is 12.2 Å². The van der Waals surface area contributed by atoms with Crippen LogP contribution < -0.4 is 10.4 Å². The number of hydrogen-bond acceptors (Lipinski definition) is 6. The highest BCUT2D eigenvalue weighted by Crippen LogP contribution is 2.22. The van der Waals surface area contributed by atoms with Gasteiger partial charge in [0.25, 0.3) is 0 Å². The molecule has 0 saturated carbocycles. The van der Waals surface area contributed by atoms with E-state index in [2.05, 4.69) is 15.2 Å². The highest BCUT2D eigenvalue weighted by atomic mass is 16.5. The van der Waals surface area contributed by atoms with Gasteiger partial charge < -0.3 is 9.26 Å². The van der Waals surface area contributed by atoms with Crippen molar-refractivity contribution >= 4 is 5.65 Å². The molecule has 0 spiro atoms. The fourth-order valence-corrected chi connectivity index (χ4v) is 2.73. The van der Waals surface area contributed by atoms with Crippen LogP contribution in [0.1, 0.15) is 18.6 Å². The summed E-state index contributed by atoms with van der Waals surface area (Å²) in [5.41, 5.74) is 2.20. The van der Waals surface area contributed by atoms with Gasteiger partial charge in [0.1, 0.15) is 12.3 Å². The van der Waals surface area contributed by atoms with Gasteiger partial charge in [0.2, 0.25) is 5.89 Å². The summed E-state index contributed by atoms with van der Waals surface area (Å²) in [6, 6.07) is 11.5. The summed E-state index contributed by atoms with van der Waals surface area (Å²) in [5, 5.41) is 8.03. The number of fused-ring (bicyclic) bond motifs is 1. The molecule has 0 aliphatic rings. The average molecular weight is 351 g/mol. The Bertz CT molecular complexity index is 1110. The van der Waals surface area contributed by atoms with E-state index >= 15 is 0 Å². The molecule has 3 aromatic heterocycles. The van der Waals surface area contributed by atoms with Crippen molar-refractivity contribution in [2.24, 2.45) is 0 Å². The maximum Gasteiger partial charge on any atom is 0.350 e. The third-order valence-corrected chi connectivity index (χ3v) is 3.93. The molecule has 8 heteroatoms. The van der Waals surface area contributed by atoms with E-state index in [0.29, 0.717) is 24.0 Å². The molecule has 1 aromatic carbocycles. The van der Waals surface area contributed by atoms with E-state index in [1.807, 2.05) is 43.3 Å². The third-order valence-electron chi connectivity index (χ3n) is 3.93. The smallest absolute Gasteiger partial charge is 0.350 e. The van der Waals surface area contributed by atoms with Crippen LogP contribution in [0, 0.1) is 6.92 Å². The first-order valence-electron chi connectivity index (χ1n) is 8.25. The molecule has 0 aliphatic carbocycles. The molecule has 8 nitrogen and oxygen atoms in total. The Labute approximate surface area is 148 Å². The zero-order valence-corrected chi connectivity index (χ0v) is 14.4. The van der Waals surface area contributed by atoms with E-state index in [0.717, 1.165) is 16.9 Å². The van der Waals surface area contributed by atoms with E-state index in [1.165, 1.54) is 9.08 Å². The van der Waals surface area contributed by atoms with Crippen molar-refractivity contribution in [2.75, 3.05) is 6.61 Å². The lowest BCUT2D eigenvalue weighted by Crippen LogP contribution is -2.21. The molecule has 0 unspecified atom stereocenters. The van der Waals surface area contributed by atoms with Gasteiger partial charge >= 0.3 is 5.69 Å². The Morgan fingerprint density at radius 2 is 1.88 bits per heavy atom. The van der Waals surface area contributed by atoms with Gasteiger partial charge in [0.15, 0.2) is 11.5 Å². The minimum atomic E-state index is -0.261. The monoisotopic (exact) mass is 351 g/mol. The first-order chi connectivity index (χ1) is 12.6. The second kappa shape index (κ2) is 6.47. The van der Waals surface area contributed by atoms with Gasteiger partial charge in [-0.05, 0) is 49.2 Å². The summed E-state index contributed by atoms with van der Waals surface area (Å²) in [6.45, 7) is 4.43. The van der Waals surface area contributed by atoms with Gasteiger partial charge in [0.05, 0.1) is 6.61 Å². The maximum absolute atomic E-state index is 12.6. The highest BCUT2D eigenvalue weighted by Gasteiger charge is 2.12. The second-order valence-electron chi connectivity index (χ2n) is 5.78. The third kappa shape index (κ3) is 2.97. The van der Waals surface area contributed by atoms with Crippen LogP contribution in [0.5, 0.6) is 5.75 Å². The molecule has 0 N–H and O–H groups in total. The molecule has 0 fully saturated rings. The Kier molecular flexibility index (Phi) is 4.00. The molecule has 3 heterocycles. The molecule has 132 valence electrons. The van der Waals surface area contributed by atoms with Crippen LogP contribution in [0.15, 0.2) is 51.9 Å². The van der Waals surface area contributed by atoms with Crippen molar-refractivity contribution in [1.82, 2.24) is 24.3 Å². The van der Waals surface area contributed by atoms with Gasteiger partial charge in [-0.2, -0.15) is 4.98 Å². The van der Waals surface area contributed by atoms with Gasteiger partial charge in [-0.15, -0.1) is 5.10 Å². The number of aryl methyl sites for hydroxylation is 1. The molecule has 0 amide bonds. The number of benzene rings is 1. The fourth-order valence-electron chi connectivity index (χ4n) is 2.73. The van der Waals surface area contributed by atoms with Gasteiger partial charge in [0, 0.05) is 6.20 Å². The number of nitrogens with zero attached hydrogens (tertiary/aromatic N) is 5. The Hall–Kier alpha value is -3.42. The Morgan fingerprint density at radius 3 is 2.58 bits per heavy atom. The summed E-state index contributed by atoms with van der Waals surface area (Å²) < 4.78 is 13.3. The van der Waals surface area contributed by atoms with Crippen LogP contribution in [-0.2, 0) is 6.54 Å². The van der Waals surface area contributed by atoms with Gasteiger partial charge in [-0.25, -0.2) is 13.9 Å². The standard InChI is InChI=1S/C18H17N5O3/c1-3-25-15-7-4-13(5-8-15)14-6-9-16-20-23(18(24)22(16)10-14)11-17-19-12(2)21-26-17/h4-10H,3,11H2,1-2H3. The topological polar surface area (TPSA) is 87.4 Å². The largest absolute Gasteiger partial charge is 0.494 e. The Balaban J connectivity index is 1.68. The van der Waals surface area contributed by atoms with E-state index < -0.39 is 0 Å². The minimum absolute atomic E-state index is 0.139. The molecular weight excluding hydrogens is 334 g/mol. The van der Waals surface area contributed by atoms with Gasteiger partial charge in [-0.3, -0.25) is 0 Å². The van der Waals surface area contributed by atoms with E-state index in [9.17, 15) is 4.79 Å². The van der Waals surface area contributed by atoms with Crippen LogP contribution in [0.3, 0.4) is 0 Å². The van der Waals surface area contributed by atoms with Crippen molar-refractivity contribution in [2.45, 2.75) is 20.4 Å². The second-order valence-corrected chi connectivity index (χ2v) is 5.78. The lowest BCUT2D eigenvalue weighted by atomic mass is 10.1. The lowest BCUT2D eigenvalue weighted by Gasteiger charge is -2.05. The molecule has 0 atom stereocenters. The number of hydrogen-bond donors (Lipinski definition) is 0. The first-order valence-corrected chi connectivity index (χ1v) is 8.25. The molecule has 0 radical (unpaired) electrons. The Morgan fingerprint density at radius 1 is 1.12 bits per heavy atom. The predicted molar refractivity (Wildman–Crippen MR) is 94.2 cm³/mol. The first kappa shape index (κ1) is 16.1. The van der Waals surface area contributed by atoms with Crippen molar-refractivity contribution in [1.29, 1.82) is 0 Å². The zero-order chi connectivity index (χ0) is 18.1. The van der Waals surface area contributed by atoms with E-state index in [4.69, 9.17) is 9.26 Å². The fraction of sp³-hybridized carbons (Fsp3) is 0.222. The normalized spacial score (nSPS) is 11.2. The maximum atomic E-state index is 12.6. The quantitative estimate of drug-likeness (QED) is 0.548. The van der Waals surface area contributed by atoms with Crippen LogP contribution in [0.4, 0.5) is 0 Å². The molecule has 0 bridgehead atoms. The number of rotatable bonds is 5. The number of aromatic nitrogens is 5. The molecule has 0 aliphatic heterocycles. The predicted octanol–water partition coefficient (Wildman–Crippen LogP) is 2.30.